The molecule has 0 spiro atoms. The van der Waals surface area contributed by atoms with Crippen molar-refractivity contribution >= 4 is 0 Å². The Kier molecular flexibility index (Phi) is 6.06. The number of aromatic nitrogens is 2. The van der Waals surface area contributed by atoms with Gasteiger partial charge in [-0.05, 0) is 49.9 Å². The van der Waals surface area contributed by atoms with Crippen LogP contribution < -0.4 is 0 Å². The van der Waals surface area contributed by atoms with Crippen molar-refractivity contribution < 1.29 is 0 Å². The standard InChI is InChI=1S/2C8H11N/c1-3-8-5-4-7(2)9-6-8;1-3-8-5-4-6-9-7(8)2/h2*4-6H,3H2,1-2H3. The maximum atomic E-state index is 4.15. The molecule has 0 fully saturated rings. The van der Waals surface area contributed by atoms with E-state index in [2.05, 4.69) is 35.9 Å². The second-order valence-corrected chi connectivity index (χ2v) is 4.26. The van der Waals surface area contributed by atoms with Gasteiger partial charge in [0, 0.05) is 23.8 Å². The molecule has 0 unspecified atom stereocenters. The summed E-state index contributed by atoms with van der Waals surface area (Å²) in [6, 6.07) is 8.25. The van der Waals surface area contributed by atoms with E-state index in [1.807, 2.05) is 38.4 Å². The molecule has 0 radical (unpaired) electrons. The van der Waals surface area contributed by atoms with E-state index in [0.717, 1.165) is 24.2 Å². The van der Waals surface area contributed by atoms with Crippen molar-refractivity contribution in [1.82, 2.24) is 9.97 Å². The molecule has 0 aliphatic rings. The molecule has 0 saturated heterocycles. The summed E-state index contributed by atoms with van der Waals surface area (Å²) in [7, 11) is 0. The maximum Gasteiger partial charge on any atom is 0.0404 e. The zero-order valence-corrected chi connectivity index (χ0v) is 11.8. The van der Waals surface area contributed by atoms with E-state index in [0.29, 0.717) is 0 Å². The van der Waals surface area contributed by atoms with Crippen LogP contribution in [-0.4, -0.2) is 9.97 Å². The SMILES string of the molecule is CCc1ccc(C)nc1.CCc1cccnc1C. The van der Waals surface area contributed by atoms with Gasteiger partial charge < -0.3 is 0 Å². The van der Waals surface area contributed by atoms with Gasteiger partial charge in [-0.25, -0.2) is 0 Å². The molecule has 2 rings (SSSR count). The highest BCUT2D eigenvalue weighted by Gasteiger charge is 1.91. The number of aryl methyl sites for hydroxylation is 4. The summed E-state index contributed by atoms with van der Waals surface area (Å²) in [4.78, 5) is 8.30. The first-order valence-corrected chi connectivity index (χ1v) is 6.49. The fourth-order valence-electron chi connectivity index (χ4n) is 1.60. The van der Waals surface area contributed by atoms with Crippen LogP contribution in [-0.2, 0) is 12.8 Å². The summed E-state index contributed by atoms with van der Waals surface area (Å²) in [5.41, 5.74) is 4.89. The molecule has 18 heavy (non-hydrogen) atoms. The zero-order chi connectivity index (χ0) is 13.4. The first-order chi connectivity index (χ1) is 8.67. The third-order valence-electron chi connectivity index (χ3n) is 2.88. The monoisotopic (exact) mass is 242 g/mol. The molecule has 0 bridgehead atoms. The van der Waals surface area contributed by atoms with Gasteiger partial charge in [-0.3, -0.25) is 9.97 Å². The van der Waals surface area contributed by atoms with Crippen LogP contribution >= 0.6 is 0 Å². The molecule has 0 aromatic carbocycles. The van der Waals surface area contributed by atoms with E-state index in [9.17, 15) is 0 Å². The summed E-state index contributed by atoms with van der Waals surface area (Å²) < 4.78 is 0. The maximum absolute atomic E-state index is 4.15. The Morgan fingerprint density at radius 3 is 2.17 bits per heavy atom. The molecule has 0 atom stereocenters. The molecular formula is C16H22N2. The van der Waals surface area contributed by atoms with E-state index in [1.165, 1.54) is 11.1 Å². The average molecular weight is 242 g/mol. The van der Waals surface area contributed by atoms with Gasteiger partial charge in [0.25, 0.3) is 0 Å². The van der Waals surface area contributed by atoms with Crippen molar-refractivity contribution in [1.29, 1.82) is 0 Å². The summed E-state index contributed by atoms with van der Waals surface area (Å²) in [6.07, 6.45) is 5.91. The molecule has 96 valence electrons. The van der Waals surface area contributed by atoms with Crippen LogP contribution in [0.4, 0.5) is 0 Å². The first-order valence-electron chi connectivity index (χ1n) is 6.49. The van der Waals surface area contributed by atoms with Crippen molar-refractivity contribution in [2.24, 2.45) is 0 Å². The van der Waals surface area contributed by atoms with Crippen LogP contribution in [0.2, 0.25) is 0 Å². The highest BCUT2D eigenvalue weighted by atomic mass is 14.7. The van der Waals surface area contributed by atoms with Gasteiger partial charge in [-0.2, -0.15) is 0 Å². The van der Waals surface area contributed by atoms with Crippen LogP contribution in [0, 0.1) is 13.8 Å². The normalized spacial score (nSPS) is 9.56. The molecule has 0 aliphatic carbocycles. The summed E-state index contributed by atoms with van der Waals surface area (Å²) in [6.45, 7) is 8.31. The molecule has 2 heterocycles. The lowest BCUT2D eigenvalue weighted by Gasteiger charge is -1.97. The zero-order valence-electron chi connectivity index (χ0n) is 11.8. The molecule has 2 nitrogen and oxygen atoms in total. The van der Waals surface area contributed by atoms with Gasteiger partial charge in [0.2, 0.25) is 0 Å². The Morgan fingerprint density at radius 1 is 0.944 bits per heavy atom. The predicted octanol–water partition coefficient (Wildman–Crippen LogP) is 3.90. The molecule has 2 aromatic heterocycles. The quantitative estimate of drug-likeness (QED) is 0.798. The van der Waals surface area contributed by atoms with Gasteiger partial charge in [-0.1, -0.05) is 26.0 Å². The van der Waals surface area contributed by atoms with Crippen LogP contribution in [0.5, 0.6) is 0 Å². The fourth-order valence-corrected chi connectivity index (χ4v) is 1.60. The number of hydrogen-bond donors (Lipinski definition) is 0. The number of pyridine rings is 2. The molecule has 0 aliphatic heterocycles. The molecule has 0 amide bonds. The smallest absolute Gasteiger partial charge is 0.0404 e. The van der Waals surface area contributed by atoms with Crippen LogP contribution in [0.25, 0.3) is 0 Å². The summed E-state index contributed by atoms with van der Waals surface area (Å²) >= 11 is 0. The van der Waals surface area contributed by atoms with E-state index in [4.69, 9.17) is 0 Å². The van der Waals surface area contributed by atoms with E-state index < -0.39 is 0 Å². The Bertz CT molecular complexity index is 461. The van der Waals surface area contributed by atoms with Crippen molar-refractivity contribution in [3.05, 3.63) is 59.2 Å². The van der Waals surface area contributed by atoms with Gasteiger partial charge in [0.15, 0.2) is 0 Å². The Labute approximate surface area is 110 Å². The summed E-state index contributed by atoms with van der Waals surface area (Å²) in [5, 5.41) is 0. The first kappa shape index (κ1) is 14.4. The van der Waals surface area contributed by atoms with Gasteiger partial charge in [0.1, 0.15) is 0 Å². The Balaban J connectivity index is 0.000000180. The highest BCUT2D eigenvalue weighted by Crippen LogP contribution is 2.02. The highest BCUT2D eigenvalue weighted by molar-refractivity contribution is 5.17. The largest absolute Gasteiger partial charge is 0.261 e. The number of rotatable bonds is 2. The lowest BCUT2D eigenvalue weighted by atomic mass is 10.2. The van der Waals surface area contributed by atoms with Crippen molar-refractivity contribution in [2.75, 3.05) is 0 Å². The minimum absolute atomic E-state index is 1.08. The van der Waals surface area contributed by atoms with Crippen LogP contribution in [0.1, 0.15) is 36.4 Å². The molecule has 2 aromatic rings. The second kappa shape index (κ2) is 7.59. The summed E-state index contributed by atoms with van der Waals surface area (Å²) in [5.74, 6) is 0. The minimum Gasteiger partial charge on any atom is -0.261 e. The Morgan fingerprint density at radius 2 is 1.72 bits per heavy atom. The van der Waals surface area contributed by atoms with Gasteiger partial charge >= 0.3 is 0 Å². The van der Waals surface area contributed by atoms with E-state index in [1.54, 1.807) is 0 Å². The van der Waals surface area contributed by atoms with Gasteiger partial charge in [-0.15, -0.1) is 0 Å². The second-order valence-electron chi connectivity index (χ2n) is 4.26. The van der Waals surface area contributed by atoms with Crippen LogP contribution in [0.3, 0.4) is 0 Å². The van der Waals surface area contributed by atoms with Crippen molar-refractivity contribution in [3.63, 3.8) is 0 Å². The third kappa shape index (κ3) is 4.66. The van der Waals surface area contributed by atoms with E-state index >= 15 is 0 Å². The topological polar surface area (TPSA) is 25.8 Å². The third-order valence-corrected chi connectivity index (χ3v) is 2.88. The average Bonchev–Trinajstić information content (AvgIpc) is 2.41. The molecule has 0 N–H and O–H groups in total. The van der Waals surface area contributed by atoms with Crippen molar-refractivity contribution in [3.8, 4) is 0 Å². The fraction of sp³-hybridized carbons (Fsp3) is 0.375. The minimum atomic E-state index is 1.08. The Hall–Kier alpha value is -1.70. The number of hydrogen-bond acceptors (Lipinski definition) is 2. The van der Waals surface area contributed by atoms with E-state index in [-0.39, 0.29) is 0 Å². The molecule has 0 saturated carbocycles. The predicted molar refractivity (Wildman–Crippen MR) is 76.7 cm³/mol. The molecule has 2 heteroatoms. The number of nitrogens with zero attached hydrogens (tertiary/aromatic N) is 2. The lowest BCUT2D eigenvalue weighted by molar-refractivity contribution is 1.05. The lowest BCUT2D eigenvalue weighted by Crippen LogP contribution is -1.87. The van der Waals surface area contributed by atoms with Gasteiger partial charge in [0.05, 0.1) is 0 Å². The van der Waals surface area contributed by atoms with Crippen LogP contribution in [0.15, 0.2) is 36.7 Å². The molecular weight excluding hydrogens is 220 g/mol. The van der Waals surface area contributed by atoms with Crippen molar-refractivity contribution in [2.45, 2.75) is 40.5 Å².